The van der Waals surface area contributed by atoms with Crippen LogP contribution in [-0.4, -0.2) is 26.9 Å². The molecule has 2 heterocycles. The van der Waals surface area contributed by atoms with E-state index >= 15 is 0 Å². The highest BCUT2D eigenvalue weighted by atomic mass is 16.5. The maximum atomic E-state index is 11.4. The van der Waals surface area contributed by atoms with Crippen LogP contribution in [-0.2, 0) is 4.79 Å². The van der Waals surface area contributed by atoms with Crippen LogP contribution in [0.3, 0.4) is 0 Å². The second kappa shape index (κ2) is 3.63. The van der Waals surface area contributed by atoms with E-state index in [9.17, 15) is 4.79 Å². The van der Waals surface area contributed by atoms with Gasteiger partial charge in [-0.15, -0.1) is 10.2 Å². The van der Waals surface area contributed by atoms with E-state index < -0.39 is 11.4 Å². The fraction of sp³-hybridized carbons (Fsp3) is 0.222. The van der Waals surface area contributed by atoms with Gasteiger partial charge in [0, 0.05) is 18.0 Å². The molecule has 3 N–H and O–H groups in total. The van der Waals surface area contributed by atoms with Gasteiger partial charge in [0.15, 0.2) is 5.54 Å². The van der Waals surface area contributed by atoms with Crippen LogP contribution in [0.25, 0.3) is 0 Å². The van der Waals surface area contributed by atoms with Gasteiger partial charge < -0.3 is 5.21 Å². The van der Waals surface area contributed by atoms with E-state index in [0.717, 1.165) is 5.06 Å². The Hall–Kier alpha value is -1.83. The molecule has 0 fully saturated rings. The lowest BCUT2D eigenvalue weighted by molar-refractivity contribution is -0.124. The van der Waals surface area contributed by atoms with E-state index in [-0.39, 0.29) is 0 Å². The Morgan fingerprint density at radius 3 is 2.56 bits per heavy atom. The lowest BCUT2D eigenvalue weighted by atomic mass is 9.95. The van der Waals surface area contributed by atoms with Crippen molar-refractivity contribution < 1.29 is 15.2 Å². The van der Waals surface area contributed by atoms with Gasteiger partial charge in [0.2, 0.25) is 0 Å². The van der Waals surface area contributed by atoms with Crippen LogP contribution >= 0.6 is 0 Å². The van der Waals surface area contributed by atoms with E-state index in [2.05, 4.69) is 10.2 Å². The number of azo groups is 1. The van der Waals surface area contributed by atoms with Crippen molar-refractivity contribution in [1.29, 1.82) is 0 Å². The zero-order valence-electron chi connectivity index (χ0n) is 8.45. The highest BCUT2D eigenvalue weighted by Crippen LogP contribution is 2.30. The first-order valence-electron chi connectivity index (χ1n) is 4.54. The van der Waals surface area contributed by atoms with Gasteiger partial charge in [-0.1, -0.05) is 0 Å². The molecule has 0 saturated heterocycles. The number of hydroxylamine groups is 3. The molecule has 2 aliphatic rings. The molecule has 2 rings (SSSR count). The SMILES string of the molecule is CC1(NO)C(=O)N=NC1=C1C=CN(O)C=C1. The van der Waals surface area contributed by atoms with Crippen LogP contribution in [0.5, 0.6) is 0 Å². The van der Waals surface area contributed by atoms with Crippen molar-refractivity contribution in [3.63, 3.8) is 0 Å². The summed E-state index contributed by atoms with van der Waals surface area (Å²) in [6.45, 7) is 1.48. The van der Waals surface area contributed by atoms with Crippen LogP contribution in [0.4, 0.5) is 0 Å². The molecule has 7 heteroatoms. The number of nitrogens with zero attached hydrogens (tertiary/aromatic N) is 3. The third kappa shape index (κ3) is 1.47. The normalized spacial score (nSPS) is 28.4. The van der Waals surface area contributed by atoms with Crippen LogP contribution in [0.1, 0.15) is 6.92 Å². The number of carbonyl (C=O) groups is 1. The zero-order valence-corrected chi connectivity index (χ0v) is 8.45. The monoisotopic (exact) mass is 222 g/mol. The quantitative estimate of drug-likeness (QED) is 0.567. The van der Waals surface area contributed by atoms with Gasteiger partial charge in [-0.25, -0.2) is 5.06 Å². The molecule has 1 atom stereocenters. The molecule has 0 spiro atoms. The minimum absolute atomic E-state index is 0.306. The van der Waals surface area contributed by atoms with Gasteiger partial charge in [-0.3, -0.25) is 10.0 Å². The third-order valence-corrected chi connectivity index (χ3v) is 2.45. The van der Waals surface area contributed by atoms with E-state index in [0.29, 0.717) is 11.3 Å². The van der Waals surface area contributed by atoms with Crippen LogP contribution < -0.4 is 5.48 Å². The van der Waals surface area contributed by atoms with Gasteiger partial charge in [0.1, 0.15) is 5.70 Å². The van der Waals surface area contributed by atoms with E-state index in [1.807, 2.05) is 5.48 Å². The lowest BCUT2D eigenvalue weighted by Gasteiger charge is -2.20. The Morgan fingerprint density at radius 2 is 2.00 bits per heavy atom. The molecular weight excluding hydrogens is 212 g/mol. The van der Waals surface area contributed by atoms with Crippen molar-refractivity contribution in [1.82, 2.24) is 10.5 Å². The van der Waals surface area contributed by atoms with Gasteiger partial charge in [-0.2, -0.15) is 5.48 Å². The molecular formula is C9H10N4O3. The van der Waals surface area contributed by atoms with Crippen molar-refractivity contribution in [3.05, 3.63) is 35.8 Å². The smallest absolute Gasteiger partial charge is 0.292 e. The molecule has 0 radical (unpaired) electrons. The summed E-state index contributed by atoms with van der Waals surface area (Å²) in [5, 5.41) is 26.1. The third-order valence-electron chi connectivity index (χ3n) is 2.45. The number of amides is 1. The second-order valence-corrected chi connectivity index (χ2v) is 3.56. The molecule has 0 aromatic heterocycles. The van der Waals surface area contributed by atoms with Gasteiger partial charge in [-0.05, 0) is 19.1 Å². The second-order valence-electron chi connectivity index (χ2n) is 3.56. The van der Waals surface area contributed by atoms with E-state index in [1.165, 1.54) is 19.3 Å². The van der Waals surface area contributed by atoms with Gasteiger partial charge >= 0.3 is 0 Å². The molecule has 0 aliphatic carbocycles. The van der Waals surface area contributed by atoms with Gasteiger partial charge in [0.05, 0.1) is 0 Å². The summed E-state index contributed by atoms with van der Waals surface area (Å²) in [5.74, 6) is -0.564. The van der Waals surface area contributed by atoms with Gasteiger partial charge in [0.25, 0.3) is 5.91 Å². The number of allylic oxidation sites excluding steroid dienone is 3. The summed E-state index contributed by atoms with van der Waals surface area (Å²) < 4.78 is 0. The van der Waals surface area contributed by atoms with E-state index in [4.69, 9.17) is 10.4 Å². The summed E-state index contributed by atoms with van der Waals surface area (Å²) in [6.07, 6.45) is 5.89. The van der Waals surface area contributed by atoms with Crippen LogP contribution in [0, 0.1) is 0 Å². The topological polar surface area (TPSA) is 97.5 Å². The largest absolute Gasteiger partial charge is 0.315 e. The maximum absolute atomic E-state index is 11.4. The Labute approximate surface area is 91.0 Å². The van der Waals surface area contributed by atoms with Crippen molar-refractivity contribution in [2.45, 2.75) is 12.5 Å². The van der Waals surface area contributed by atoms with E-state index in [1.54, 1.807) is 12.2 Å². The number of rotatable bonds is 1. The lowest BCUT2D eigenvalue weighted by Crippen LogP contribution is -2.46. The summed E-state index contributed by atoms with van der Waals surface area (Å²) in [5.41, 5.74) is 1.47. The summed E-state index contributed by atoms with van der Waals surface area (Å²) in [4.78, 5) is 11.4. The molecule has 0 aromatic carbocycles. The minimum atomic E-state index is -1.33. The number of hydrogen-bond acceptors (Lipinski definition) is 6. The Balaban J connectivity index is 2.45. The highest BCUT2D eigenvalue weighted by molar-refractivity contribution is 5.92. The number of nitrogens with one attached hydrogen (secondary N) is 1. The predicted octanol–water partition coefficient (Wildman–Crippen LogP) is 0.703. The molecule has 7 nitrogen and oxygen atoms in total. The molecule has 2 aliphatic heterocycles. The molecule has 0 saturated carbocycles. The fourth-order valence-corrected chi connectivity index (χ4v) is 1.42. The average Bonchev–Trinajstić information content (AvgIpc) is 2.58. The molecule has 1 amide bonds. The molecule has 16 heavy (non-hydrogen) atoms. The molecule has 0 aromatic rings. The predicted molar refractivity (Wildman–Crippen MR) is 52.1 cm³/mol. The highest BCUT2D eigenvalue weighted by Gasteiger charge is 2.43. The summed E-state index contributed by atoms with van der Waals surface area (Å²) in [6, 6.07) is 0. The van der Waals surface area contributed by atoms with Crippen molar-refractivity contribution in [2.75, 3.05) is 0 Å². The molecule has 84 valence electrons. The standard InChI is InChI=1S/C9H10N4O3/c1-9(12-15)7(10-11-8(9)14)6-2-4-13(16)5-3-6/h2-5,12,15-16H,1H3. The summed E-state index contributed by atoms with van der Waals surface area (Å²) >= 11 is 0. The Bertz CT molecular complexity index is 436. The average molecular weight is 222 g/mol. The minimum Gasteiger partial charge on any atom is -0.315 e. The summed E-state index contributed by atoms with van der Waals surface area (Å²) in [7, 11) is 0. The van der Waals surface area contributed by atoms with Crippen molar-refractivity contribution >= 4 is 5.91 Å². The first-order chi connectivity index (χ1) is 7.58. The molecule has 0 bridgehead atoms. The van der Waals surface area contributed by atoms with Crippen molar-refractivity contribution in [2.24, 2.45) is 10.2 Å². The first-order valence-corrected chi connectivity index (χ1v) is 4.54. The Morgan fingerprint density at radius 1 is 1.38 bits per heavy atom. The fourth-order valence-electron chi connectivity index (χ4n) is 1.42. The molecule has 1 unspecified atom stereocenters. The zero-order chi connectivity index (χ0) is 11.8. The number of carbonyl (C=O) groups excluding carboxylic acids is 1. The van der Waals surface area contributed by atoms with Crippen LogP contribution in [0.15, 0.2) is 46.1 Å². The number of hydrogen-bond donors (Lipinski definition) is 3. The van der Waals surface area contributed by atoms with Crippen LogP contribution in [0.2, 0.25) is 0 Å². The van der Waals surface area contributed by atoms with Crippen molar-refractivity contribution in [3.8, 4) is 0 Å². The maximum Gasteiger partial charge on any atom is 0.292 e. The first kappa shape index (κ1) is 10.7. The Kier molecular flexibility index (Phi) is 2.43.